The fourth-order valence-electron chi connectivity index (χ4n) is 2.29. The zero-order valence-electron chi connectivity index (χ0n) is 11.8. The summed E-state index contributed by atoms with van der Waals surface area (Å²) in [4.78, 5) is 13.9. The van der Waals surface area contributed by atoms with Gasteiger partial charge in [-0.05, 0) is 33.6 Å². The van der Waals surface area contributed by atoms with E-state index in [1.165, 1.54) is 0 Å². The Morgan fingerprint density at radius 2 is 1.94 bits per heavy atom. The van der Waals surface area contributed by atoms with Gasteiger partial charge in [0.05, 0.1) is 12.7 Å². The van der Waals surface area contributed by atoms with E-state index in [0.717, 1.165) is 32.5 Å². The average molecular weight is 258 g/mol. The van der Waals surface area contributed by atoms with Crippen molar-refractivity contribution in [1.82, 2.24) is 4.90 Å². The number of carbonyl (C=O) groups is 1. The molecule has 0 radical (unpaired) electrons. The molecule has 106 valence electrons. The fourth-order valence-corrected chi connectivity index (χ4v) is 2.29. The van der Waals surface area contributed by atoms with E-state index in [-0.39, 0.29) is 5.97 Å². The van der Waals surface area contributed by atoms with Gasteiger partial charge in [0.25, 0.3) is 0 Å². The van der Waals surface area contributed by atoms with Crippen LogP contribution in [-0.2, 0) is 14.3 Å². The molecular weight excluding hydrogens is 232 g/mol. The van der Waals surface area contributed by atoms with Gasteiger partial charge in [0.2, 0.25) is 0 Å². The Kier molecular flexibility index (Phi) is 6.05. The van der Waals surface area contributed by atoms with Gasteiger partial charge in [-0.25, -0.2) is 0 Å². The Morgan fingerprint density at radius 1 is 1.33 bits per heavy atom. The highest BCUT2D eigenvalue weighted by Crippen LogP contribution is 2.16. The molecule has 0 saturated carbocycles. The maximum Gasteiger partial charge on any atom is 0.327 e. The first kappa shape index (κ1) is 15.4. The third-order valence-electron chi connectivity index (χ3n) is 3.23. The number of nitrogens with zero attached hydrogens (tertiary/aromatic N) is 1. The van der Waals surface area contributed by atoms with Crippen LogP contribution >= 0.6 is 0 Å². The van der Waals surface area contributed by atoms with E-state index in [1.807, 2.05) is 6.92 Å². The highest BCUT2D eigenvalue weighted by Gasteiger charge is 2.33. The monoisotopic (exact) mass is 258 g/mol. The van der Waals surface area contributed by atoms with Crippen LogP contribution < -0.4 is 5.73 Å². The molecule has 0 bridgehead atoms. The van der Waals surface area contributed by atoms with Crippen LogP contribution in [0, 0.1) is 0 Å². The van der Waals surface area contributed by atoms with Gasteiger partial charge in [-0.2, -0.15) is 0 Å². The molecule has 0 aromatic heterocycles. The first-order valence-electron chi connectivity index (χ1n) is 6.79. The number of esters is 1. The van der Waals surface area contributed by atoms with E-state index in [4.69, 9.17) is 15.2 Å². The van der Waals surface area contributed by atoms with Gasteiger partial charge in [0, 0.05) is 26.2 Å². The molecule has 0 aromatic carbocycles. The third-order valence-corrected chi connectivity index (χ3v) is 3.23. The second-order valence-corrected chi connectivity index (χ2v) is 5.07. The summed E-state index contributed by atoms with van der Waals surface area (Å²) < 4.78 is 10.6. The molecule has 1 atom stereocenters. The van der Waals surface area contributed by atoms with Gasteiger partial charge in [-0.3, -0.25) is 4.79 Å². The van der Waals surface area contributed by atoms with Crippen molar-refractivity contribution in [1.29, 1.82) is 0 Å². The molecule has 0 amide bonds. The van der Waals surface area contributed by atoms with Crippen molar-refractivity contribution in [3.05, 3.63) is 0 Å². The van der Waals surface area contributed by atoms with Crippen LogP contribution in [0.15, 0.2) is 0 Å². The van der Waals surface area contributed by atoms with E-state index in [0.29, 0.717) is 19.3 Å². The molecule has 1 fully saturated rings. The lowest BCUT2D eigenvalue weighted by molar-refractivity contribution is -0.150. The summed E-state index contributed by atoms with van der Waals surface area (Å²) in [7, 11) is 0. The first-order chi connectivity index (χ1) is 8.49. The van der Waals surface area contributed by atoms with Gasteiger partial charge in [0.15, 0.2) is 0 Å². The zero-order valence-corrected chi connectivity index (χ0v) is 11.8. The molecule has 5 heteroatoms. The predicted molar refractivity (Wildman–Crippen MR) is 70.3 cm³/mol. The van der Waals surface area contributed by atoms with Gasteiger partial charge < -0.3 is 20.1 Å². The number of piperidine rings is 1. The van der Waals surface area contributed by atoms with Crippen molar-refractivity contribution in [2.24, 2.45) is 5.73 Å². The number of rotatable bonds is 6. The lowest BCUT2D eigenvalue weighted by Gasteiger charge is -2.35. The Bertz CT molecular complexity index is 261. The quantitative estimate of drug-likeness (QED) is 0.713. The molecule has 1 heterocycles. The smallest absolute Gasteiger partial charge is 0.327 e. The number of hydrogen-bond acceptors (Lipinski definition) is 5. The summed E-state index contributed by atoms with van der Waals surface area (Å²) in [5.41, 5.74) is 5.10. The first-order valence-corrected chi connectivity index (χ1v) is 6.79. The van der Waals surface area contributed by atoms with Crippen molar-refractivity contribution >= 4 is 5.97 Å². The van der Waals surface area contributed by atoms with Crippen molar-refractivity contribution in [3.8, 4) is 0 Å². The summed E-state index contributed by atoms with van der Waals surface area (Å²) in [6.07, 6.45) is 2.37. The molecule has 5 nitrogen and oxygen atoms in total. The molecular formula is C13H26N2O3. The molecule has 1 saturated heterocycles. The van der Waals surface area contributed by atoms with E-state index >= 15 is 0 Å². The van der Waals surface area contributed by atoms with Crippen LogP contribution in [0.25, 0.3) is 0 Å². The van der Waals surface area contributed by atoms with Crippen LogP contribution in [0.2, 0.25) is 0 Å². The maximum absolute atomic E-state index is 11.7. The third kappa shape index (κ3) is 4.55. The molecule has 0 aromatic rings. The normalized spacial score (nSPS) is 21.6. The highest BCUT2D eigenvalue weighted by atomic mass is 16.5. The Morgan fingerprint density at radius 3 is 2.44 bits per heavy atom. The van der Waals surface area contributed by atoms with E-state index in [2.05, 4.69) is 4.90 Å². The standard InChI is InChI=1S/C13H26N2O3/c1-4-17-11-6-8-15(9-7-11)10-13(3,14)12(16)18-5-2/h11H,4-10,14H2,1-3H3. The lowest BCUT2D eigenvalue weighted by Crippen LogP contribution is -2.56. The van der Waals surface area contributed by atoms with Crippen molar-refractivity contribution in [3.63, 3.8) is 0 Å². The van der Waals surface area contributed by atoms with Crippen LogP contribution in [0.1, 0.15) is 33.6 Å². The minimum Gasteiger partial charge on any atom is -0.465 e. The van der Waals surface area contributed by atoms with Crippen LogP contribution in [-0.4, -0.2) is 55.4 Å². The number of hydrogen-bond donors (Lipinski definition) is 1. The van der Waals surface area contributed by atoms with Gasteiger partial charge in [-0.1, -0.05) is 0 Å². The summed E-state index contributed by atoms with van der Waals surface area (Å²) in [5.74, 6) is -0.322. The average Bonchev–Trinajstić information content (AvgIpc) is 2.32. The van der Waals surface area contributed by atoms with Crippen LogP contribution in [0.5, 0.6) is 0 Å². The molecule has 1 unspecified atom stereocenters. The predicted octanol–water partition coefficient (Wildman–Crippen LogP) is 0.768. The second-order valence-electron chi connectivity index (χ2n) is 5.07. The number of nitrogens with two attached hydrogens (primary N) is 1. The molecule has 0 spiro atoms. The van der Waals surface area contributed by atoms with Crippen molar-refractivity contribution in [2.75, 3.05) is 32.8 Å². The molecule has 18 heavy (non-hydrogen) atoms. The Balaban J connectivity index is 2.37. The number of carbonyl (C=O) groups excluding carboxylic acids is 1. The largest absolute Gasteiger partial charge is 0.465 e. The van der Waals surface area contributed by atoms with Gasteiger partial charge >= 0.3 is 5.97 Å². The van der Waals surface area contributed by atoms with E-state index in [1.54, 1.807) is 13.8 Å². The highest BCUT2D eigenvalue weighted by molar-refractivity contribution is 5.80. The lowest BCUT2D eigenvalue weighted by atomic mass is 10.0. The second kappa shape index (κ2) is 7.07. The SMILES string of the molecule is CCOC(=O)C(C)(N)CN1CCC(OCC)CC1. The Hall–Kier alpha value is -0.650. The number of likely N-dealkylation sites (tertiary alicyclic amines) is 1. The molecule has 1 rings (SSSR count). The summed E-state index contributed by atoms with van der Waals surface area (Å²) in [6, 6.07) is 0. The maximum atomic E-state index is 11.7. The number of ether oxygens (including phenoxy) is 2. The van der Waals surface area contributed by atoms with E-state index < -0.39 is 5.54 Å². The minimum atomic E-state index is -0.922. The minimum absolute atomic E-state index is 0.322. The zero-order chi connectivity index (χ0) is 13.6. The van der Waals surface area contributed by atoms with Gasteiger partial charge in [-0.15, -0.1) is 0 Å². The fraction of sp³-hybridized carbons (Fsp3) is 0.923. The van der Waals surface area contributed by atoms with Crippen LogP contribution in [0.3, 0.4) is 0 Å². The van der Waals surface area contributed by atoms with Crippen LogP contribution in [0.4, 0.5) is 0 Å². The summed E-state index contributed by atoms with van der Waals surface area (Å²) >= 11 is 0. The summed E-state index contributed by atoms with van der Waals surface area (Å²) in [5, 5.41) is 0. The van der Waals surface area contributed by atoms with E-state index in [9.17, 15) is 4.79 Å². The van der Waals surface area contributed by atoms with Crippen molar-refractivity contribution in [2.45, 2.75) is 45.3 Å². The van der Waals surface area contributed by atoms with Gasteiger partial charge in [0.1, 0.15) is 5.54 Å². The molecule has 2 N–H and O–H groups in total. The van der Waals surface area contributed by atoms with Crippen molar-refractivity contribution < 1.29 is 14.3 Å². The topological polar surface area (TPSA) is 64.8 Å². The summed E-state index contributed by atoms with van der Waals surface area (Å²) in [6.45, 7) is 9.09. The molecule has 0 aliphatic carbocycles. The Labute approximate surface area is 110 Å². The molecule has 1 aliphatic rings. The molecule has 1 aliphatic heterocycles.